The van der Waals surface area contributed by atoms with E-state index in [1.54, 1.807) is 53.4 Å². The zero-order valence-corrected chi connectivity index (χ0v) is 22.5. The zero-order chi connectivity index (χ0) is 26.3. The highest BCUT2D eigenvalue weighted by Gasteiger charge is 2.30. The molecule has 8 heteroatoms. The molecule has 1 amide bonds. The molecule has 3 aromatic rings. The molecule has 0 aromatic heterocycles. The highest BCUT2D eigenvalue weighted by atomic mass is 35.5. The van der Waals surface area contributed by atoms with Gasteiger partial charge in [0.1, 0.15) is 0 Å². The third kappa shape index (κ3) is 7.52. The van der Waals surface area contributed by atoms with E-state index in [1.807, 2.05) is 25.1 Å². The lowest BCUT2D eigenvalue weighted by atomic mass is 10.2. The van der Waals surface area contributed by atoms with E-state index in [0.717, 1.165) is 36.3 Å². The normalized spacial score (nSPS) is 14.9. The number of rotatable bonds is 9. The lowest BCUT2D eigenvalue weighted by Crippen LogP contribution is -2.51. The summed E-state index contributed by atoms with van der Waals surface area (Å²) >= 11 is 6.01. The minimum atomic E-state index is -3.88. The maximum absolute atomic E-state index is 13.5. The first-order valence-electron chi connectivity index (χ1n) is 12.3. The number of piperazine rings is 1. The van der Waals surface area contributed by atoms with Crippen molar-refractivity contribution in [3.05, 3.63) is 107 Å². The predicted octanol–water partition coefficient (Wildman–Crippen LogP) is 4.70. The first-order valence-corrected chi connectivity index (χ1v) is 14.2. The molecule has 4 rings (SSSR count). The van der Waals surface area contributed by atoms with E-state index >= 15 is 0 Å². The van der Waals surface area contributed by atoms with Gasteiger partial charge in [-0.3, -0.25) is 9.69 Å². The summed E-state index contributed by atoms with van der Waals surface area (Å²) in [6.45, 7) is 5.20. The van der Waals surface area contributed by atoms with Crippen LogP contribution in [-0.2, 0) is 21.4 Å². The third-order valence-corrected chi connectivity index (χ3v) is 8.50. The number of sulfonamides is 1. The number of halogens is 1. The van der Waals surface area contributed by atoms with E-state index in [0.29, 0.717) is 18.1 Å². The Morgan fingerprint density at radius 1 is 0.919 bits per heavy atom. The Morgan fingerprint density at radius 3 is 2.22 bits per heavy atom. The van der Waals surface area contributed by atoms with Crippen LogP contribution in [0.4, 0.5) is 0 Å². The number of carbonyl (C=O) groups excluding carboxylic acids is 1. The van der Waals surface area contributed by atoms with Crippen LogP contribution in [0.3, 0.4) is 0 Å². The van der Waals surface area contributed by atoms with Crippen LogP contribution in [0, 0.1) is 6.92 Å². The standard InChI is InChI=1S/C29H32ClN3O3S/c1-24-9-15-28(16-10-24)37(35,36)33(22-26-11-13-27(30)14-12-26)23-29(34)32-20-18-31(19-21-32)17-5-8-25-6-3-2-4-7-25/h2-16H,17-23H2,1H3/b8-5+. The van der Waals surface area contributed by atoms with Crippen LogP contribution in [0.25, 0.3) is 6.08 Å². The van der Waals surface area contributed by atoms with E-state index in [9.17, 15) is 13.2 Å². The van der Waals surface area contributed by atoms with Crippen molar-refractivity contribution in [2.45, 2.75) is 18.4 Å². The van der Waals surface area contributed by atoms with E-state index < -0.39 is 10.0 Å². The fourth-order valence-electron chi connectivity index (χ4n) is 4.21. The average molecular weight is 538 g/mol. The van der Waals surface area contributed by atoms with Gasteiger partial charge in [0.05, 0.1) is 11.4 Å². The molecule has 6 nitrogen and oxygen atoms in total. The number of nitrogens with zero attached hydrogens (tertiary/aromatic N) is 3. The highest BCUT2D eigenvalue weighted by Crippen LogP contribution is 2.21. The first-order chi connectivity index (χ1) is 17.8. The van der Waals surface area contributed by atoms with Crippen LogP contribution in [0.1, 0.15) is 16.7 Å². The zero-order valence-electron chi connectivity index (χ0n) is 21.0. The molecule has 194 valence electrons. The summed E-state index contributed by atoms with van der Waals surface area (Å²) in [6, 6.07) is 23.9. The van der Waals surface area contributed by atoms with Gasteiger partial charge in [0, 0.05) is 44.3 Å². The molecule has 0 bridgehead atoms. The van der Waals surface area contributed by atoms with Gasteiger partial charge in [-0.1, -0.05) is 83.9 Å². The van der Waals surface area contributed by atoms with Crippen LogP contribution in [0.2, 0.25) is 5.02 Å². The summed E-state index contributed by atoms with van der Waals surface area (Å²) in [5, 5.41) is 0.573. The maximum atomic E-state index is 13.5. The largest absolute Gasteiger partial charge is 0.339 e. The lowest BCUT2D eigenvalue weighted by Gasteiger charge is -2.35. The highest BCUT2D eigenvalue weighted by molar-refractivity contribution is 7.89. The van der Waals surface area contributed by atoms with E-state index in [1.165, 1.54) is 4.31 Å². The number of aryl methyl sites for hydroxylation is 1. The lowest BCUT2D eigenvalue weighted by molar-refractivity contribution is -0.133. The van der Waals surface area contributed by atoms with Crippen molar-refractivity contribution in [3.8, 4) is 0 Å². The molecular weight excluding hydrogens is 506 g/mol. The molecule has 0 atom stereocenters. The van der Waals surface area contributed by atoms with E-state index in [4.69, 9.17) is 11.6 Å². The molecule has 0 aliphatic carbocycles. The van der Waals surface area contributed by atoms with Gasteiger partial charge in [0.2, 0.25) is 15.9 Å². The summed E-state index contributed by atoms with van der Waals surface area (Å²) in [6.07, 6.45) is 4.23. The topological polar surface area (TPSA) is 60.9 Å². The summed E-state index contributed by atoms with van der Waals surface area (Å²) < 4.78 is 28.3. The summed E-state index contributed by atoms with van der Waals surface area (Å²) in [5.41, 5.74) is 2.89. The van der Waals surface area contributed by atoms with Crippen LogP contribution >= 0.6 is 11.6 Å². The average Bonchev–Trinajstić information content (AvgIpc) is 2.91. The van der Waals surface area contributed by atoms with Crippen LogP contribution in [-0.4, -0.2) is 67.7 Å². The number of amides is 1. The smallest absolute Gasteiger partial charge is 0.243 e. The molecule has 1 saturated heterocycles. The van der Waals surface area contributed by atoms with Crippen molar-refractivity contribution in [3.63, 3.8) is 0 Å². The number of carbonyl (C=O) groups is 1. The quantitative estimate of drug-likeness (QED) is 0.397. The van der Waals surface area contributed by atoms with Gasteiger partial charge < -0.3 is 4.90 Å². The molecule has 1 aliphatic heterocycles. The molecule has 1 aliphatic rings. The Labute approximate surface area is 224 Å². The van der Waals surface area contributed by atoms with Gasteiger partial charge in [0.15, 0.2) is 0 Å². The van der Waals surface area contributed by atoms with Crippen molar-refractivity contribution >= 4 is 33.6 Å². The van der Waals surface area contributed by atoms with Crippen molar-refractivity contribution < 1.29 is 13.2 Å². The Morgan fingerprint density at radius 2 is 1.57 bits per heavy atom. The molecule has 0 spiro atoms. The molecule has 1 fully saturated rings. The van der Waals surface area contributed by atoms with Gasteiger partial charge >= 0.3 is 0 Å². The van der Waals surface area contributed by atoms with E-state index in [2.05, 4.69) is 29.2 Å². The predicted molar refractivity (Wildman–Crippen MR) is 149 cm³/mol. The van der Waals surface area contributed by atoms with Crippen molar-refractivity contribution in [2.75, 3.05) is 39.3 Å². The molecule has 37 heavy (non-hydrogen) atoms. The molecule has 1 heterocycles. The van der Waals surface area contributed by atoms with Crippen molar-refractivity contribution in [1.82, 2.24) is 14.1 Å². The second-order valence-corrected chi connectivity index (χ2v) is 11.6. The van der Waals surface area contributed by atoms with Crippen molar-refractivity contribution in [1.29, 1.82) is 0 Å². The number of benzene rings is 3. The van der Waals surface area contributed by atoms with Gasteiger partial charge in [0.25, 0.3) is 0 Å². The fourth-order valence-corrected chi connectivity index (χ4v) is 5.71. The van der Waals surface area contributed by atoms with Gasteiger partial charge in [-0.05, 0) is 42.3 Å². The molecule has 0 N–H and O–H groups in total. The van der Waals surface area contributed by atoms with Gasteiger partial charge in [-0.25, -0.2) is 8.42 Å². The minimum Gasteiger partial charge on any atom is -0.339 e. The Bertz CT molecular complexity index is 1300. The van der Waals surface area contributed by atoms with Crippen LogP contribution in [0.15, 0.2) is 89.8 Å². The summed E-state index contributed by atoms with van der Waals surface area (Å²) in [4.78, 5) is 17.5. The number of hydrogen-bond donors (Lipinski definition) is 0. The second kappa shape index (κ2) is 12.5. The molecule has 0 unspecified atom stereocenters. The second-order valence-electron chi connectivity index (χ2n) is 9.21. The Kier molecular flexibility index (Phi) is 9.16. The molecule has 0 saturated carbocycles. The van der Waals surface area contributed by atoms with Gasteiger partial charge in [-0.15, -0.1) is 0 Å². The van der Waals surface area contributed by atoms with Crippen LogP contribution in [0.5, 0.6) is 0 Å². The third-order valence-electron chi connectivity index (χ3n) is 6.44. The molecule has 3 aromatic carbocycles. The maximum Gasteiger partial charge on any atom is 0.243 e. The Balaban J connectivity index is 1.40. The summed E-state index contributed by atoms with van der Waals surface area (Å²) in [5.74, 6) is -0.191. The van der Waals surface area contributed by atoms with Crippen molar-refractivity contribution in [2.24, 2.45) is 0 Å². The monoisotopic (exact) mass is 537 g/mol. The SMILES string of the molecule is Cc1ccc(S(=O)(=O)N(CC(=O)N2CCN(C/C=C/c3ccccc3)CC2)Cc2ccc(Cl)cc2)cc1. The fraction of sp³-hybridized carbons (Fsp3) is 0.276. The molecule has 0 radical (unpaired) electrons. The molecular formula is C29H32ClN3O3S. The van der Waals surface area contributed by atoms with Crippen LogP contribution < -0.4 is 0 Å². The Hall–Kier alpha value is -2.97. The van der Waals surface area contributed by atoms with E-state index in [-0.39, 0.29) is 23.9 Å². The summed E-state index contributed by atoms with van der Waals surface area (Å²) in [7, 11) is -3.88. The first kappa shape index (κ1) is 27.1. The minimum absolute atomic E-state index is 0.0867. The van der Waals surface area contributed by atoms with Gasteiger partial charge in [-0.2, -0.15) is 4.31 Å². The number of hydrogen-bond acceptors (Lipinski definition) is 4.